The maximum atomic E-state index is 13.1. The standard InChI is InChI=1S/C24H28N2O5S/c1-16-15-17(6-7-18(16)30-2)22(27)20-21(19-5-3-14-32-19)26(24(29)23(20)28)9-4-8-25-10-12-31-13-11-25/h3,5-7,14-15,21,27H,4,8-13H2,1-2H3. The largest absolute Gasteiger partial charge is 0.507 e. The summed E-state index contributed by atoms with van der Waals surface area (Å²) < 4.78 is 10.7. The van der Waals surface area contributed by atoms with Gasteiger partial charge in [-0.3, -0.25) is 14.5 Å². The number of ether oxygens (including phenoxy) is 2. The van der Waals surface area contributed by atoms with Gasteiger partial charge in [0, 0.05) is 36.6 Å². The summed E-state index contributed by atoms with van der Waals surface area (Å²) in [6.07, 6.45) is 0.747. The van der Waals surface area contributed by atoms with Crippen molar-refractivity contribution in [2.45, 2.75) is 19.4 Å². The van der Waals surface area contributed by atoms with Crippen molar-refractivity contribution in [1.82, 2.24) is 9.80 Å². The number of aliphatic hydroxyl groups excluding tert-OH is 1. The molecular weight excluding hydrogens is 428 g/mol. The summed E-state index contributed by atoms with van der Waals surface area (Å²) in [7, 11) is 1.58. The number of ketones is 1. The van der Waals surface area contributed by atoms with Crippen LogP contribution in [0.2, 0.25) is 0 Å². The van der Waals surface area contributed by atoms with Gasteiger partial charge in [-0.2, -0.15) is 0 Å². The Kier molecular flexibility index (Phi) is 6.93. The number of nitrogens with zero attached hydrogens (tertiary/aromatic N) is 2. The number of benzene rings is 1. The molecule has 1 aromatic heterocycles. The molecule has 1 aromatic carbocycles. The van der Waals surface area contributed by atoms with Gasteiger partial charge in [0.1, 0.15) is 11.5 Å². The number of aliphatic hydroxyl groups is 1. The highest BCUT2D eigenvalue weighted by Crippen LogP contribution is 2.41. The van der Waals surface area contributed by atoms with E-state index in [-0.39, 0.29) is 11.3 Å². The Labute approximate surface area is 191 Å². The fourth-order valence-corrected chi connectivity index (χ4v) is 5.17. The van der Waals surface area contributed by atoms with Crippen molar-refractivity contribution in [3.05, 3.63) is 57.3 Å². The lowest BCUT2D eigenvalue weighted by molar-refractivity contribution is -0.140. The summed E-state index contributed by atoms with van der Waals surface area (Å²) in [4.78, 5) is 30.8. The molecule has 2 aliphatic rings. The first-order valence-electron chi connectivity index (χ1n) is 10.8. The number of Topliss-reactive ketones (excluding diaryl/α,β-unsaturated/α-hetero) is 1. The average Bonchev–Trinajstić information content (AvgIpc) is 3.42. The lowest BCUT2D eigenvalue weighted by Gasteiger charge is -2.28. The van der Waals surface area contributed by atoms with Gasteiger partial charge in [-0.1, -0.05) is 6.07 Å². The van der Waals surface area contributed by atoms with Crippen molar-refractivity contribution in [3.8, 4) is 5.75 Å². The highest BCUT2D eigenvalue weighted by Gasteiger charge is 2.46. The van der Waals surface area contributed by atoms with Gasteiger partial charge >= 0.3 is 0 Å². The molecule has 170 valence electrons. The Hall–Kier alpha value is -2.68. The van der Waals surface area contributed by atoms with Crippen LogP contribution >= 0.6 is 11.3 Å². The van der Waals surface area contributed by atoms with Crippen LogP contribution in [-0.4, -0.2) is 73.1 Å². The number of carbonyl (C=O) groups is 2. The number of morpholine rings is 1. The number of carbonyl (C=O) groups excluding carboxylic acids is 2. The number of amides is 1. The molecule has 0 spiro atoms. The van der Waals surface area contributed by atoms with E-state index in [1.165, 1.54) is 11.3 Å². The Bertz CT molecular complexity index is 1010. The molecule has 1 unspecified atom stereocenters. The lowest BCUT2D eigenvalue weighted by Crippen LogP contribution is -2.38. The van der Waals surface area contributed by atoms with Crippen LogP contribution in [0.4, 0.5) is 0 Å². The van der Waals surface area contributed by atoms with Gasteiger partial charge in [0.2, 0.25) is 0 Å². The van der Waals surface area contributed by atoms with E-state index >= 15 is 0 Å². The summed E-state index contributed by atoms with van der Waals surface area (Å²) >= 11 is 1.48. The van der Waals surface area contributed by atoms with Crippen LogP contribution in [-0.2, 0) is 14.3 Å². The lowest BCUT2D eigenvalue weighted by atomic mass is 9.98. The highest BCUT2D eigenvalue weighted by atomic mass is 32.1. The molecule has 7 nitrogen and oxygen atoms in total. The first-order valence-corrected chi connectivity index (χ1v) is 11.7. The van der Waals surface area contributed by atoms with Gasteiger partial charge in [-0.25, -0.2) is 0 Å². The van der Waals surface area contributed by atoms with Crippen LogP contribution in [0.3, 0.4) is 0 Å². The molecule has 0 bridgehead atoms. The van der Waals surface area contributed by atoms with Crippen molar-refractivity contribution < 1.29 is 24.2 Å². The van der Waals surface area contributed by atoms with E-state index in [1.807, 2.05) is 24.4 Å². The van der Waals surface area contributed by atoms with E-state index in [2.05, 4.69) is 4.90 Å². The predicted molar refractivity (Wildman–Crippen MR) is 123 cm³/mol. The zero-order valence-corrected chi connectivity index (χ0v) is 19.2. The molecule has 0 saturated carbocycles. The molecule has 4 rings (SSSR count). The van der Waals surface area contributed by atoms with E-state index in [4.69, 9.17) is 9.47 Å². The van der Waals surface area contributed by atoms with Gasteiger partial charge in [0.25, 0.3) is 11.7 Å². The summed E-state index contributed by atoms with van der Waals surface area (Å²) in [6, 6.07) is 8.45. The van der Waals surface area contributed by atoms with E-state index < -0.39 is 17.7 Å². The molecule has 1 atom stereocenters. The van der Waals surface area contributed by atoms with Gasteiger partial charge < -0.3 is 19.5 Å². The molecule has 0 aliphatic carbocycles. The summed E-state index contributed by atoms with van der Waals surface area (Å²) in [5, 5.41) is 13.1. The number of rotatable bonds is 7. The average molecular weight is 457 g/mol. The minimum atomic E-state index is -0.638. The van der Waals surface area contributed by atoms with E-state index in [0.29, 0.717) is 17.9 Å². The van der Waals surface area contributed by atoms with Crippen LogP contribution in [0.25, 0.3) is 5.76 Å². The molecule has 1 N–H and O–H groups in total. The number of likely N-dealkylation sites (tertiary alicyclic amines) is 1. The third-order valence-electron chi connectivity index (χ3n) is 6.00. The summed E-state index contributed by atoms with van der Waals surface area (Å²) in [5.74, 6) is -0.652. The first-order chi connectivity index (χ1) is 15.5. The van der Waals surface area contributed by atoms with Gasteiger partial charge in [-0.05, 0) is 48.6 Å². The molecule has 1 amide bonds. The van der Waals surface area contributed by atoms with Crippen molar-refractivity contribution in [3.63, 3.8) is 0 Å². The van der Waals surface area contributed by atoms with Crippen LogP contribution in [0.1, 0.15) is 28.5 Å². The minimum absolute atomic E-state index is 0.147. The smallest absolute Gasteiger partial charge is 0.295 e. The fourth-order valence-electron chi connectivity index (χ4n) is 4.32. The fraction of sp³-hybridized carbons (Fsp3) is 0.417. The number of aryl methyl sites for hydroxylation is 1. The van der Waals surface area contributed by atoms with Gasteiger partial charge in [0.05, 0.1) is 31.9 Å². The Morgan fingerprint density at radius 2 is 2.00 bits per heavy atom. The molecule has 2 aromatic rings. The van der Waals surface area contributed by atoms with Crippen LogP contribution in [0.15, 0.2) is 41.3 Å². The molecule has 2 saturated heterocycles. The number of methoxy groups -OCH3 is 1. The quantitative estimate of drug-likeness (QED) is 0.392. The molecule has 3 heterocycles. The molecule has 0 radical (unpaired) electrons. The van der Waals surface area contributed by atoms with E-state index in [1.54, 1.807) is 30.2 Å². The maximum absolute atomic E-state index is 13.1. The summed E-state index contributed by atoms with van der Waals surface area (Å²) in [6.45, 7) is 6.36. The zero-order chi connectivity index (χ0) is 22.7. The Morgan fingerprint density at radius 3 is 2.66 bits per heavy atom. The minimum Gasteiger partial charge on any atom is -0.507 e. The van der Waals surface area contributed by atoms with E-state index in [0.717, 1.165) is 49.7 Å². The molecular formula is C24H28N2O5S. The maximum Gasteiger partial charge on any atom is 0.295 e. The molecule has 2 fully saturated rings. The Morgan fingerprint density at radius 1 is 1.22 bits per heavy atom. The zero-order valence-electron chi connectivity index (χ0n) is 18.4. The monoisotopic (exact) mass is 456 g/mol. The third-order valence-corrected chi connectivity index (χ3v) is 6.92. The number of thiophene rings is 1. The second-order valence-corrected chi connectivity index (χ2v) is 8.98. The van der Waals surface area contributed by atoms with Gasteiger partial charge in [0.15, 0.2) is 0 Å². The van der Waals surface area contributed by atoms with Crippen molar-refractivity contribution in [2.24, 2.45) is 0 Å². The SMILES string of the molecule is COc1ccc(C(O)=C2C(=O)C(=O)N(CCCN3CCOCC3)C2c2cccs2)cc1C. The Balaban J connectivity index is 1.63. The third kappa shape index (κ3) is 4.44. The van der Waals surface area contributed by atoms with Crippen LogP contribution in [0, 0.1) is 6.92 Å². The normalized spacial score (nSPS) is 21.3. The molecule has 32 heavy (non-hydrogen) atoms. The highest BCUT2D eigenvalue weighted by molar-refractivity contribution is 7.10. The number of hydrogen-bond donors (Lipinski definition) is 1. The van der Waals surface area contributed by atoms with E-state index in [9.17, 15) is 14.7 Å². The van der Waals surface area contributed by atoms with Gasteiger partial charge in [-0.15, -0.1) is 11.3 Å². The second kappa shape index (κ2) is 9.85. The topological polar surface area (TPSA) is 79.3 Å². The predicted octanol–water partition coefficient (Wildman–Crippen LogP) is 3.21. The molecule has 8 heteroatoms. The summed E-state index contributed by atoms with van der Waals surface area (Å²) in [5.41, 5.74) is 1.48. The second-order valence-electron chi connectivity index (χ2n) is 8.00. The number of hydrogen-bond acceptors (Lipinski definition) is 7. The van der Waals surface area contributed by atoms with Crippen LogP contribution < -0.4 is 4.74 Å². The molecule has 2 aliphatic heterocycles. The van der Waals surface area contributed by atoms with Crippen molar-refractivity contribution in [1.29, 1.82) is 0 Å². The van der Waals surface area contributed by atoms with Crippen LogP contribution in [0.5, 0.6) is 5.75 Å². The van der Waals surface area contributed by atoms with Crippen molar-refractivity contribution in [2.75, 3.05) is 46.5 Å². The first kappa shape index (κ1) is 22.5. The van der Waals surface area contributed by atoms with Crippen molar-refractivity contribution >= 4 is 28.8 Å².